The normalized spacial score (nSPS) is 10.6. The fourth-order valence-electron chi connectivity index (χ4n) is 1.99. The lowest BCUT2D eigenvalue weighted by Gasteiger charge is -2.23. The molecule has 0 bridgehead atoms. The summed E-state index contributed by atoms with van der Waals surface area (Å²) < 4.78 is 0. The van der Waals surface area contributed by atoms with Gasteiger partial charge in [0.25, 0.3) is 0 Å². The maximum absolute atomic E-state index is 5.63. The molecule has 3 heteroatoms. The van der Waals surface area contributed by atoms with Crippen LogP contribution < -0.4 is 10.6 Å². The number of hydrogen-bond acceptors (Lipinski definition) is 3. The number of aromatic nitrogens is 1. The lowest BCUT2D eigenvalue weighted by molar-refractivity contribution is 0.820. The highest BCUT2D eigenvalue weighted by atomic mass is 15.1. The van der Waals surface area contributed by atoms with Crippen molar-refractivity contribution in [2.24, 2.45) is 5.73 Å². The molecule has 1 heterocycles. The zero-order valence-corrected chi connectivity index (χ0v) is 9.56. The summed E-state index contributed by atoms with van der Waals surface area (Å²) in [5, 5.41) is 2.42. The van der Waals surface area contributed by atoms with Crippen molar-refractivity contribution in [1.82, 2.24) is 4.98 Å². The Morgan fingerprint density at radius 1 is 1.31 bits per heavy atom. The number of pyridine rings is 1. The van der Waals surface area contributed by atoms with Gasteiger partial charge in [0.05, 0.1) is 0 Å². The fraction of sp³-hybridized carbons (Fsp3) is 0.308. The average Bonchev–Trinajstić information content (AvgIpc) is 2.35. The molecule has 0 unspecified atom stereocenters. The molecule has 0 aliphatic heterocycles. The third kappa shape index (κ3) is 1.99. The van der Waals surface area contributed by atoms with E-state index in [0.29, 0.717) is 6.54 Å². The standard InChI is InChI=1S/C13H17N3/c1-2-16(9-7-14)13-5-3-4-11-10-15-8-6-12(11)13/h3-6,8,10H,2,7,9,14H2,1H3. The molecule has 1 aromatic carbocycles. The number of nitrogens with two attached hydrogens (primary N) is 1. The van der Waals surface area contributed by atoms with Crippen LogP contribution in [-0.2, 0) is 0 Å². The molecule has 0 saturated heterocycles. The Labute approximate surface area is 95.9 Å². The van der Waals surface area contributed by atoms with Gasteiger partial charge in [0.15, 0.2) is 0 Å². The quantitative estimate of drug-likeness (QED) is 0.848. The second kappa shape index (κ2) is 4.94. The Morgan fingerprint density at radius 2 is 2.19 bits per heavy atom. The van der Waals surface area contributed by atoms with E-state index in [1.165, 1.54) is 16.5 Å². The minimum Gasteiger partial charge on any atom is -0.370 e. The molecule has 0 fully saturated rings. The zero-order valence-electron chi connectivity index (χ0n) is 9.56. The van der Waals surface area contributed by atoms with Crippen LogP contribution >= 0.6 is 0 Å². The van der Waals surface area contributed by atoms with E-state index >= 15 is 0 Å². The average molecular weight is 215 g/mol. The largest absolute Gasteiger partial charge is 0.370 e. The molecule has 84 valence electrons. The highest BCUT2D eigenvalue weighted by molar-refractivity contribution is 5.93. The Hall–Kier alpha value is -1.61. The minimum absolute atomic E-state index is 0.676. The topological polar surface area (TPSA) is 42.1 Å². The molecule has 0 aliphatic rings. The molecule has 2 rings (SSSR count). The number of likely N-dealkylation sites (N-methyl/N-ethyl adjacent to an activating group) is 1. The third-order valence-corrected chi connectivity index (χ3v) is 2.78. The van der Waals surface area contributed by atoms with E-state index in [-0.39, 0.29) is 0 Å². The number of fused-ring (bicyclic) bond motifs is 1. The van der Waals surface area contributed by atoms with Crippen molar-refractivity contribution in [3.8, 4) is 0 Å². The monoisotopic (exact) mass is 215 g/mol. The van der Waals surface area contributed by atoms with Gasteiger partial charge in [-0.05, 0) is 19.1 Å². The first-order chi connectivity index (χ1) is 7.86. The van der Waals surface area contributed by atoms with E-state index < -0.39 is 0 Å². The Bertz CT molecular complexity index is 462. The minimum atomic E-state index is 0.676. The number of hydrogen-bond donors (Lipinski definition) is 1. The molecule has 0 spiro atoms. The number of anilines is 1. The van der Waals surface area contributed by atoms with Gasteiger partial charge in [-0.25, -0.2) is 0 Å². The summed E-state index contributed by atoms with van der Waals surface area (Å²) >= 11 is 0. The van der Waals surface area contributed by atoms with E-state index in [9.17, 15) is 0 Å². The maximum atomic E-state index is 5.63. The van der Waals surface area contributed by atoms with Crippen molar-refractivity contribution in [2.45, 2.75) is 6.92 Å². The van der Waals surface area contributed by atoms with E-state index in [0.717, 1.165) is 13.1 Å². The van der Waals surface area contributed by atoms with Crippen molar-refractivity contribution in [3.63, 3.8) is 0 Å². The summed E-state index contributed by atoms with van der Waals surface area (Å²) in [6, 6.07) is 8.35. The van der Waals surface area contributed by atoms with Crippen molar-refractivity contribution in [1.29, 1.82) is 0 Å². The third-order valence-electron chi connectivity index (χ3n) is 2.78. The second-order valence-corrected chi connectivity index (χ2v) is 3.74. The number of benzene rings is 1. The molecule has 0 atom stereocenters. The molecule has 3 nitrogen and oxygen atoms in total. The predicted octanol–water partition coefficient (Wildman–Crippen LogP) is 2.02. The number of rotatable bonds is 4. The van der Waals surface area contributed by atoms with Crippen LogP contribution in [0.15, 0.2) is 36.7 Å². The highest BCUT2D eigenvalue weighted by Gasteiger charge is 2.06. The van der Waals surface area contributed by atoms with Gasteiger partial charge in [-0.3, -0.25) is 4.98 Å². The lowest BCUT2D eigenvalue weighted by atomic mass is 10.1. The van der Waals surface area contributed by atoms with Crippen molar-refractivity contribution >= 4 is 16.5 Å². The number of nitrogens with zero attached hydrogens (tertiary/aromatic N) is 2. The van der Waals surface area contributed by atoms with Crippen LogP contribution in [0.25, 0.3) is 10.8 Å². The Kier molecular flexibility index (Phi) is 3.37. The molecule has 2 aromatic rings. The molecule has 0 saturated carbocycles. The van der Waals surface area contributed by atoms with Gasteiger partial charge in [-0.15, -0.1) is 0 Å². The molecule has 1 aromatic heterocycles. The molecular formula is C13H17N3. The molecule has 0 aliphatic carbocycles. The second-order valence-electron chi connectivity index (χ2n) is 3.74. The van der Waals surface area contributed by atoms with Crippen LogP contribution in [0.2, 0.25) is 0 Å². The molecule has 16 heavy (non-hydrogen) atoms. The first-order valence-corrected chi connectivity index (χ1v) is 5.64. The maximum Gasteiger partial charge on any atom is 0.0447 e. The smallest absolute Gasteiger partial charge is 0.0447 e. The first-order valence-electron chi connectivity index (χ1n) is 5.64. The van der Waals surface area contributed by atoms with Crippen LogP contribution in [0.5, 0.6) is 0 Å². The molecule has 0 amide bonds. The Morgan fingerprint density at radius 3 is 2.94 bits per heavy atom. The molecule has 2 N–H and O–H groups in total. The van der Waals surface area contributed by atoms with Gasteiger partial charge in [-0.2, -0.15) is 0 Å². The summed E-state index contributed by atoms with van der Waals surface area (Å²) in [4.78, 5) is 6.44. The molecular weight excluding hydrogens is 198 g/mol. The SMILES string of the molecule is CCN(CCN)c1cccc2cnccc12. The van der Waals surface area contributed by atoms with Crippen LogP contribution in [0.1, 0.15) is 6.92 Å². The van der Waals surface area contributed by atoms with Crippen molar-refractivity contribution < 1.29 is 0 Å². The van der Waals surface area contributed by atoms with Crippen molar-refractivity contribution in [2.75, 3.05) is 24.5 Å². The fourth-order valence-corrected chi connectivity index (χ4v) is 1.99. The zero-order chi connectivity index (χ0) is 11.4. The summed E-state index contributed by atoms with van der Waals surface area (Å²) in [6.07, 6.45) is 3.73. The van der Waals surface area contributed by atoms with Crippen LogP contribution in [-0.4, -0.2) is 24.6 Å². The Balaban J connectivity index is 2.50. The lowest BCUT2D eigenvalue weighted by Crippen LogP contribution is -2.29. The highest BCUT2D eigenvalue weighted by Crippen LogP contribution is 2.25. The van der Waals surface area contributed by atoms with E-state index in [1.807, 2.05) is 12.4 Å². The van der Waals surface area contributed by atoms with Gasteiger partial charge < -0.3 is 10.6 Å². The van der Waals surface area contributed by atoms with Crippen LogP contribution in [0.3, 0.4) is 0 Å². The van der Waals surface area contributed by atoms with Gasteiger partial charge in [-0.1, -0.05) is 12.1 Å². The molecule has 0 radical (unpaired) electrons. The summed E-state index contributed by atoms with van der Waals surface area (Å²) in [7, 11) is 0. The van der Waals surface area contributed by atoms with Gasteiger partial charge in [0, 0.05) is 48.5 Å². The van der Waals surface area contributed by atoms with Gasteiger partial charge >= 0.3 is 0 Å². The summed E-state index contributed by atoms with van der Waals surface area (Å²) in [6.45, 7) is 4.68. The van der Waals surface area contributed by atoms with Crippen molar-refractivity contribution in [3.05, 3.63) is 36.7 Å². The van der Waals surface area contributed by atoms with Gasteiger partial charge in [0.2, 0.25) is 0 Å². The predicted molar refractivity (Wildman–Crippen MR) is 68.7 cm³/mol. The summed E-state index contributed by atoms with van der Waals surface area (Å²) in [5.41, 5.74) is 6.88. The summed E-state index contributed by atoms with van der Waals surface area (Å²) in [5.74, 6) is 0. The van der Waals surface area contributed by atoms with E-state index in [4.69, 9.17) is 5.73 Å². The first kappa shape index (κ1) is 10.9. The van der Waals surface area contributed by atoms with Crippen LogP contribution in [0, 0.1) is 0 Å². The van der Waals surface area contributed by atoms with E-state index in [2.05, 4.69) is 41.1 Å². The van der Waals surface area contributed by atoms with Gasteiger partial charge in [0.1, 0.15) is 0 Å². The van der Waals surface area contributed by atoms with Crippen LogP contribution in [0.4, 0.5) is 5.69 Å². The van der Waals surface area contributed by atoms with E-state index in [1.54, 1.807) is 0 Å².